The first-order valence-corrected chi connectivity index (χ1v) is 8.68. The van der Waals surface area contributed by atoms with Crippen LogP contribution in [0.15, 0.2) is 4.99 Å². The second kappa shape index (κ2) is 8.53. The van der Waals surface area contributed by atoms with Gasteiger partial charge in [0.15, 0.2) is 5.96 Å². The van der Waals surface area contributed by atoms with E-state index in [2.05, 4.69) is 14.8 Å². The van der Waals surface area contributed by atoms with Gasteiger partial charge in [0.1, 0.15) is 5.60 Å². The highest BCUT2D eigenvalue weighted by atomic mass is 16.6. The van der Waals surface area contributed by atoms with Crippen molar-refractivity contribution in [3.05, 3.63) is 0 Å². The molecular formula is C16H31N5O3. The highest BCUT2D eigenvalue weighted by molar-refractivity contribution is 5.78. The third kappa shape index (κ3) is 6.16. The second-order valence-electron chi connectivity index (χ2n) is 7.15. The molecule has 0 bridgehead atoms. The minimum atomic E-state index is -0.444. The van der Waals surface area contributed by atoms with E-state index in [1.807, 2.05) is 20.8 Å². The van der Waals surface area contributed by atoms with Crippen LogP contribution in [-0.2, 0) is 9.47 Å². The molecule has 2 saturated heterocycles. The molecule has 0 unspecified atom stereocenters. The Bertz CT molecular complexity index is 435. The molecule has 2 fully saturated rings. The quantitative estimate of drug-likeness (QED) is 0.583. The van der Waals surface area contributed by atoms with Crippen molar-refractivity contribution < 1.29 is 14.3 Å². The monoisotopic (exact) mass is 341 g/mol. The summed E-state index contributed by atoms with van der Waals surface area (Å²) in [5.41, 5.74) is 5.57. The van der Waals surface area contributed by atoms with E-state index in [1.165, 1.54) is 0 Å². The average molecular weight is 341 g/mol. The van der Waals surface area contributed by atoms with Crippen LogP contribution in [0, 0.1) is 0 Å². The van der Waals surface area contributed by atoms with Gasteiger partial charge in [-0.3, -0.25) is 9.89 Å². The summed E-state index contributed by atoms with van der Waals surface area (Å²) in [7, 11) is 0. The van der Waals surface area contributed by atoms with Gasteiger partial charge < -0.3 is 25.0 Å². The number of aliphatic imine (C=N–C) groups is 1. The van der Waals surface area contributed by atoms with E-state index >= 15 is 0 Å². The fourth-order valence-electron chi connectivity index (χ4n) is 2.68. The smallest absolute Gasteiger partial charge is 0.410 e. The zero-order valence-electron chi connectivity index (χ0n) is 15.2. The standard InChI is InChI=1S/C16H31N5O3/c1-16(2,3)24-15(22)21-8-6-19(7-9-21)5-4-18-14(17)20-10-12-23-13-11-20/h4-13H2,1-3H3,(H2,17,18). The number of ether oxygens (including phenoxy) is 2. The molecule has 2 N–H and O–H groups in total. The van der Waals surface area contributed by atoms with Crippen molar-refractivity contribution in [3.63, 3.8) is 0 Å². The summed E-state index contributed by atoms with van der Waals surface area (Å²) in [5.74, 6) is 0.602. The Morgan fingerprint density at radius 2 is 1.71 bits per heavy atom. The third-order valence-electron chi connectivity index (χ3n) is 4.05. The lowest BCUT2D eigenvalue weighted by Crippen LogP contribution is -2.50. The summed E-state index contributed by atoms with van der Waals surface area (Å²) >= 11 is 0. The number of nitrogens with zero attached hydrogens (tertiary/aromatic N) is 4. The lowest BCUT2D eigenvalue weighted by molar-refractivity contribution is 0.0148. The molecule has 0 aliphatic carbocycles. The highest BCUT2D eigenvalue weighted by Gasteiger charge is 2.25. The van der Waals surface area contributed by atoms with E-state index in [1.54, 1.807) is 4.90 Å². The Morgan fingerprint density at radius 1 is 1.08 bits per heavy atom. The van der Waals surface area contributed by atoms with Crippen LogP contribution >= 0.6 is 0 Å². The molecule has 0 aromatic heterocycles. The van der Waals surface area contributed by atoms with Gasteiger partial charge in [0, 0.05) is 45.8 Å². The van der Waals surface area contributed by atoms with Gasteiger partial charge >= 0.3 is 6.09 Å². The summed E-state index contributed by atoms with van der Waals surface area (Å²) in [6.07, 6.45) is -0.225. The van der Waals surface area contributed by atoms with Crippen LogP contribution in [0.5, 0.6) is 0 Å². The summed E-state index contributed by atoms with van der Waals surface area (Å²) in [6.45, 7) is 13.3. The van der Waals surface area contributed by atoms with Gasteiger partial charge in [-0.25, -0.2) is 4.79 Å². The molecule has 0 aromatic carbocycles. The number of carbonyl (C=O) groups is 1. The van der Waals surface area contributed by atoms with Crippen molar-refractivity contribution in [1.29, 1.82) is 0 Å². The normalized spacial score (nSPS) is 21.0. The Morgan fingerprint density at radius 3 is 2.29 bits per heavy atom. The molecule has 2 aliphatic heterocycles. The largest absolute Gasteiger partial charge is 0.444 e. The number of hydrogen-bond donors (Lipinski definition) is 1. The topological polar surface area (TPSA) is 83.6 Å². The van der Waals surface area contributed by atoms with Crippen LogP contribution in [0.2, 0.25) is 0 Å². The fourth-order valence-corrected chi connectivity index (χ4v) is 2.68. The number of guanidine groups is 1. The van der Waals surface area contributed by atoms with Crippen molar-refractivity contribution in [2.45, 2.75) is 26.4 Å². The van der Waals surface area contributed by atoms with Crippen molar-refractivity contribution >= 4 is 12.1 Å². The molecule has 2 rings (SSSR count). The highest BCUT2D eigenvalue weighted by Crippen LogP contribution is 2.11. The number of piperazine rings is 1. The molecule has 1 amide bonds. The molecule has 2 aliphatic rings. The van der Waals surface area contributed by atoms with Crippen LogP contribution in [-0.4, -0.2) is 97.9 Å². The lowest BCUT2D eigenvalue weighted by Gasteiger charge is -2.35. The summed E-state index contributed by atoms with van der Waals surface area (Å²) in [4.78, 5) is 22.6. The van der Waals surface area contributed by atoms with Gasteiger partial charge in [-0.15, -0.1) is 0 Å². The number of morpholine rings is 1. The van der Waals surface area contributed by atoms with E-state index in [-0.39, 0.29) is 6.09 Å². The van der Waals surface area contributed by atoms with Crippen molar-refractivity contribution in [2.75, 3.05) is 65.6 Å². The summed E-state index contributed by atoms with van der Waals surface area (Å²) < 4.78 is 10.7. The van der Waals surface area contributed by atoms with Gasteiger partial charge in [-0.05, 0) is 20.8 Å². The van der Waals surface area contributed by atoms with Gasteiger partial charge in [0.25, 0.3) is 0 Å². The lowest BCUT2D eigenvalue weighted by atomic mass is 10.2. The molecule has 8 nitrogen and oxygen atoms in total. The van der Waals surface area contributed by atoms with Gasteiger partial charge in [-0.1, -0.05) is 0 Å². The molecule has 0 saturated carbocycles. The first kappa shape index (κ1) is 18.8. The van der Waals surface area contributed by atoms with Crippen LogP contribution in [0.1, 0.15) is 20.8 Å². The zero-order chi connectivity index (χ0) is 17.6. The van der Waals surface area contributed by atoms with E-state index in [4.69, 9.17) is 15.2 Å². The Kier molecular flexibility index (Phi) is 6.68. The van der Waals surface area contributed by atoms with Gasteiger partial charge in [-0.2, -0.15) is 0 Å². The number of carbonyl (C=O) groups excluding carboxylic acids is 1. The van der Waals surface area contributed by atoms with E-state index in [0.29, 0.717) is 38.8 Å². The zero-order valence-corrected chi connectivity index (χ0v) is 15.2. The summed E-state index contributed by atoms with van der Waals surface area (Å²) in [5, 5.41) is 0. The van der Waals surface area contributed by atoms with Crippen molar-refractivity contribution in [3.8, 4) is 0 Å². The minimum absolute atomic E-state index is 0.225. The Labute approximate surface area is 144 Å². The molecular weight excluding hydrogens is 310 g/mol. The van der Waals surface area contributed by atoms with E-state index in [9.17, 15) is 4.79 Å². The average Bonchev–Trinajstić information content (AvgIpc) is 2.54. The minimum Gasteiger partial charge on any atom is -0.444 e. The number of hydrogen-bond acceptors (Lipinski definition) is 5. The fraction of sp³-hybridized carbons (Fsp3) is 0.875. The van der Waals surface area contributed by atoms with Crippen LogP contribution < -0.4 is 5.73 Å². The summed E-state index contributed by atoms with van der Waals surface area (Å²) in [6, 6.07) is 0. The predicted molar refractivity (Wildman–Crippen MR) is 93.1 cm³/mol. The number of rotatable bonds is 3. The van der Waals surface area contributed by atoms with Crippen LogP contribution in [0.4, 0.5) is 4.79 Å². The Balaban J connectivity index is 1.66. The second-order valence-corrected chi connectivity index (χ2v) is 7.15. The number of nitrogens with two attached hydrogens (primary N) is 1. The Hall–Kier alpha value is -1.54. The maximum absolute atomic E-state index is 12.0. The molecule has 0 aromatic rings. The maximum atomic E-state index is 12.0. The molecule has 24 heavy (non-hydrogen) atoms. The predicted octanol–water partition coefficient (Wildman–Crippen LogP) is 0.186. The SMILES string of the molecule is CC(C)(C)OC(=O)N1CCN(CCN=C(N)N2CCOCC2)CC1. The first-order chi connectivity index (χ1) is 11.3. The molecule has 8 heteroatoms. The maximum Gasteiger partial charge on any atom is 0.410 e. The van der Waals surface area contributed by atoms with Crippen molar-refractivity contribution in [1.82, 2.24) is 14.7 Å². The van der Waals surface area contributed by atoms with Crippen LogP contribution in [0.3, 0.4) is 0 Å². The molecule has 0 atom stereocenters. The van der Waals surface area contributed by atoms with Gasteiger partial charge in [0.05, 0.1) is 19.8 Å². The van der Waals surface area contributed by atoms with E-state index < -0.39 is 5.60 Å². The third-order valence-corrected chi connectivity index (χ3v) is 4.05. The molecule has 2 heterocycles. The number of amides is 1. The first-order valence-electron chi connectivity index (χ1n) is 8.68. The van der Waals surface area contributed by atoms with E-state index in [0.717, 1.165) is 32.7 Å². The molecule has 0 spiro atoms. The molecule has 138 valence electrons. The molecule has 0 radical (unpaired) electrons. The van der Waals surface area contributed by atoms with Crippen LogP contribution in [0.25, 0.3) is 0 Å². The van der Waals surface area contributed by atoms with Crippen molar-refractivity contribution in [2.24, 2.45) is 10.7 Å². The van der Waals surface area contributed by atoms with Gasteiger partial charge in [0.2, 0.25) is 0 Å².